The Bertz CT molecular complexity index is 1140. The fourth-order valence-electron chi connectivity index (χ4n) is 4.56. The normalized spacial score (nSPS) is 14.0. The second-order valence-corrected chi connectivity index (χ2v) is 13.6. The number of nitrogens with one attached hydrogen (secondary N) is 3. The maximum atomic E-state index is 13.7. The van der Waals surface area contributed by atoms with Crippen LogP contribution < -0.4 is 16.0 Å². The highest BCUT2D eigenvalue weighted by atomic mass is 16.6. The molecule has 0 aliphatic rings. The molecule has 0 fully saturated rings. The highest BCUT2D eigenvalue weighted by Gasteiger charge is 2.36. The van der Waals surface area contributed by atoms with Crippen molar-refractivity contribution in [1.82, 2.24) is 20.9 Å². The van der Waals surface area contributed by atoms with Gasteiger partial charge in [0.25, 0.3) is 0 Å². The summed E-state index contributed by atoms with van der Waals surface area (Å²) in [6, 6.07) is 17.7. The number of rotatable bonds is 14. The minimum atomic E-state index is -1.10. The van der Waals surface area contributed by atoms with Crippen molar-refractivity contribution in [2.24, 2.45) is 11.3 Å². The first kappa shape index (κ1) is 35.8. The lowest BCUT2D eigenvalue weighted by Gasteiger charge is -2.35. The lowest BCUT2D eigenvalue weighted by molar-refractivity contribution is -0.132. The molecule has 0 spiro atoms. The molecule has 0 aromatic heterocycles. The van der Waals surface area contributed by atoms with E-state index in [1.807, 2.05) is 95.3 Å². The fraction of sp³-hybridized carbons (Fsp3) is 0.559. The van der Waals surface area contributed by atoms with Gasteiger partial charge in [-0.3, -0.25) is 9.59 Å². The van der Waals surface area contributed by atoms with Crippen LogP contribution in [-0.2, 0) is 27.3 Å². The number of benzene rings is 2. The number of amides is 3. The summed E-state index contributed by atoms with van der Waals surface area (Å²) in [6.45, 7) is 15.9. The van der Waals surface area contributed by atoms with Gasteiger partial charge in [-0.15, -0.1) is 0 Å². The molecule has 2 aromatic rings. The third-order valence-corrected chi connectivity index (χ3v) is 6.63. The number of hydrogen-bond acceptors (Lipinski definition) is 6. The summed E-state index contributed by atoms with van der Waals surface area (Å²) in [4.78, 5) is 41.1. The SMILES string of the molecule is CC(C)CN(C[C@@H](O)[C@H](Cc1ccccc1)NC(=O)[C@@H](NC(=O)CNCc1ccccc1)C(C)(C)C)C(=O)OC(C)(C)C. The Morgan fingerprint density at radius 2 is 1.40 bits per heavy atom. The molecule has 0 radical (unpaired) electrons. The van der Waals surface area contributed by atoms with Crippen LogP contribution in [-0.4, -0.2) is 71.3 Å². The Kier molecular flexibility index (Phi) is 13.7. The summed E-state index contributed by atoms with van der Waals surface area (Å²) < 4.78 is 5.60. The standard InChI is InChI=1S/C34H52N4O5/c1-24(2)22-38(32(42)43-34(6,7)8)23-28(39)27(19-25-15-11-9-12-16-25)36-31(41)30(33(3,4)5)37-29(40)21-35-20-26-17-13-10-14-18-26/h9-18,24,27-28,30,35,39H,19-23H2,1-8H3,(H,36,41)(H,37,40)/t27-,28+,30+/m0/s1. The van der Waals surface area contributed by atoms with E-state index in [9.17, 15) is 19.5 Å². The molecule has 0 saturated carbocycles. The van der Waals surface area contributed by atoms with E-state index in [2.05, 4.69) is 16.0 Å². The molecule has 0 bridgehead atoms. The van der Waals surface area contributed by atoms with Crippen LogP contribution in [0.15, 0.2) is 60.7 Å². The van der Waals surface area contributed by atoms with Gasteiger partial charge in [-0.2, -0.15) is 0 Å². The average Bonchev–Trinajstić information content (AvgIpc) is 2.90. The molecule has 238 valence electrons. The summed E-state index contributed by atoms with van der Waals surface area (Å²) in [5, 5.41) is 20.5. The Hall–Kier alpha value is -3.43. The Balaban J connectivity index is 2.20. The highest BCUT2D eigenvalue weighted by Crippen LogP contribution is 2.21. The highest BCUT2D eigenvalue weighted by molar-refractivity contribution is 5.89. The smallest absolute Gasteiger partial charge is 0.410 e. The van der Waals surface area contributed by atoms with Crippen LogP contribution >= 0.6 is 0 Å². The van der Waals surface area contributed by atoms with E-state index >= 15 is 0 Å². The lowest BCUT2D eigenvalue weighted by Crippen LogP contribution is -2.59. The first-order chi connectivity index (χ1) is 20.0. The van der Waals surface area contributed by atoms with Crippen molar-refractivity contribution < 1.29 is 24.2 Å². The van der Waals surface area contributed by atoms with Crippen molar-refractivity contribution in [3.63, 3.8) is 0 Å². The van der Waals surface area contributed by atoms with Gasteiger partial charge < -0.3 is 30.7 Å². The topological polar surface area (TPSA) is 120 Å². The summed E-state index contributed by atoms with van der Waals surface area (Å²) in [6.07, 6.45) is -1.28. The van der Waals surface area contributed by atoms with Gasteiger partial charge in [0.1, 0.15) is 11.6 Å². The number of carbonyl (C=O) groups excluding carboxylic acids is 3. The molecule has 2 rings (SSSR count). The van der Waals surface area contributed by atoms with Gasteiger partial charge in [0, 0.05) is 13.1 Å². The zero-order valence-corrected chi connectivity index (χ0v) is 27.1. The number of aliphatic hydroxyl groups excluding tert-OH is 1. The molecule has 3 amide bonds. The summed E-state index contributed by atoms with van der Waals surface area (Å²) >= 11 is 0. The molecule has 4 N–H and O–H groups in total. The van der Waals surface area contributed by atoms with Crippen molar-refractivity contribution in [1.29, 1.82) is 0 Å². The largest absolute Gasteiger partial charge is 0.444 e. The second-order valence-electron chi connectivity index (χ2n) is 13.6. The van der Waals surface area contributed by atoms with Gasteiger partial charge in [0.2, 0.25) is 11.8 Å². The predicted molar refractivity (Wildman–Crippen MR) is 170 cm³/mol. The van der Waals surface area contributed by atoms with Crippen molar-refractivity contribution in [3.8, 4) is 0 Å². The molecule has 0 aliphatic heterocycles. The minimum absolute atomic E-state index is 0.0270. The van der Waals surface area contributed by atoms with Gasteiger partial charge >= 0.3 is 6.09 Å². The summed E-state index contributed by atoms with van der Waals surface area (Å²) in [7, 11) is 0. The van der Waals surface area contributed by atoms with Crippen LogP contribution in [0.5, 0.6) is 0 Å². The van der Waals surface area contributed by atoms with E-state index in [1.54, 1.807) is 20.8 Å². The van der Waals surface area contributed by atoms with Crippen molar-refractivity contribution in [2.45, 2.75) is 92.1 Å². The minimum Gasteiger partial charge on any atom is -0.444 e. The van der Waals surface area contributed by atoms with Gasteiger partial charge in [-0.05, 0) is 49.7 Å². The molecule has 0 aliphatic carbocycles. The second kappa shape index (κ2) is 16.4. The quantitative estimate of drug-likeness (QED) is 0.258. The Labute approximate surface area is 257 Å². The van der Waals surface area contributed by atoms with Gasteiger partial charge in [0.15, 0.2) is 0 Å². The maximum absolute atomic E-state index is 13.7. The molecular formula is C34H52N4O5. The van der Waals surface area contributed by atoms with E-state index < -0.39 is 41.2 Å². The average molecular weight is 597 g/mol. The van der Waals surface area contributed by atoms with Gasteiger partial charge in [0.05, 0.1) is 25.2 Å². The fourth-order valence-corrected chi connectivity index (χ4v) is 4.56. The molecule has 9 nitrogen and oxygen atoms in total. The number of carbonyl (C=O) groups is 3. The number of nitrogens with zero attached hydrogens (tertiary/aromatic N) is 1. The van der Waals surface area contributed by atoms with E-state index in [1.165, 1.54) is 4.90 Å². The maximum Gasteiger partial charge on any atom is 0.410 e. The Morgan fingerprint density at radius 1 is 0.837 bits per heavy atom. The number of ether oxygens (including phenoxy) is 1. The molecule has 0 saturated heterocycles. The van der Waals surface area contributed by atoms with E-state index in [0.717, 1.165) is 11.1 Å². The third kappa shape index (κ3) is 13.6. The monoisotopic (exact) mass is 596 g/mol. The molecule has 3 atom stereocenters. The summed E-state index contributed by atoms with van der Waals surface area (Å²) in [5.74, 6) is -0.575. The third-order valence-electron chi connectivity index (χ3n) is 6.63. The predicted octanol–water partition coefficient (Wildman–Crippen LogP) is 4.29. The zero-order chi connectivity index (χ0) is 32.2. The molecule has 0 heterocycles. The molecule has 2 aromatic carbocycles. The zero-order valence-electron chi connectivity index (χ0n) is 27.1. The van der Waals surface area contributed by atoms with Gasteiger partial charge in [-0.1, -0.05) is 95.3 Å². The first-order valence-electron chi connectivity index (χ1n) is 15.1. The van der Waals surface area contributed by atoms with Crippen molar-refractivity contribution in [2.75, 3.05) is 19.6 Å². The molecular weight excluding hydrogens is 544 g/mol. The van der Waals surface area contributed by atoms with Crippen molar-refractivity contribution in [3.05, 3.63) is 71.8 Å². The van der Waals surface area contributed by atoms with Crippen LogP contribution in [0.1, 0.15) is 66.5 Å². The lowest BCUT2D eigenvalue weighted by atomic mass is 9.85. The van der Waals surface area contributed by atoms with E-state index in [0.29, 0.717) is 19.5 Å². The Morgan fingerprint density at radius 3 is 1.91 bits per heavy atom. The molecule has 0 unspecified atom stereocenters. The van der Waals surface area contributed by atoms with E-state index in [-0.39, 0.29) is 24.9 Å². The van der Waals surface area contributed by atoms with Crippen molar-refractivity contribution >= 4 is 17.9 Å². The van der Waals surface area contributed by atoms with E-state index in [4.69, 9.17) is 4.74 Å². The molecule has 9 heteroatoms. The van der Waals surface area contributed by atoms with Crippen LogP contribution in [0.25, 0.3) is 0 Å². The van der Waals surface area contributed by atoms with Crippen LogP contribution in [0.2, 0.25) is 0 Å². The van der Waals surface area contributed by atoms with Crippen LogP contribution in [0, 0.1) is 11.3 Å². The van der Waals surface area contributed by atoms with Crippen LogP contribution in [0.4, 0.5) is 4.79 Å². The van der Waals surface area contributed by atoms with Gasteiger partial charge in [-0.25, -0.2) is 4.79 Å². The number of aliphatic hydroxyl groups is 1. The first-order valence-corrected chi connectivity index (χ1v) is 15.1. The number of hydrogen-bond donors (Lipinski definition) is 4. The summed E-state index contributed by atoms with van der Waals surface area (Å²) in [5.41, 5.74) is 0.669. The van der Waals surface area contributed by atoms with Crippen LogP contribution in [0.3, 0.4) is 0 Å². The molecule has 43 heavy (non-hydrogen) atoms.